The molecule has 0 aliphatic carbocycles. The number of hydrogen-bond donors (Lipinski definition) is 0. The van der Waals surface area contributed by atoms with Gasteiger partial charge in [-0.1, -0.05) is 0 Å². The van der Waals surface area contributed by atoms with Crippen molar-refractivity contribution in [3.8, 4) is 0 Å². The van der Waals surface area contributed by atoms with E-state index in [2.05, 4.69) is 25.7 Å². The van der Waals surface area contributed by atoms with Gasteiger partial charge in [-0.3, -0.25) is 9.78 Å². The molecule has 16 heavy (non-hydrogen) atoms. The summed E-state index contributed by atoms with van der Waals surface area (Å²) in [6.07, 6.45) is -1.43. The van der Waals surface area contributed by atoms with Gasteiger partial charge in [-0.15, -0.1) is 0 Å². The van der Waals surface area contributed by atoms with Crippen molar-refractivity contribution in [2.45, 2.75) is 12.8 Å². The van der Waals surface area contributed by atoms with Gasteiger partial charge in [0.15, 0.2) is 0 Å². The molecule has 0 atom stereocenters. The van der Waals surface area contributed by atoms with E-state index in [1.54, 1.807) is 0 Å². The van der Waals surface area contributed by atoms with Crippen LogP contribution < -0.4 is 0 Å². The molecule has 1 rings (SSSR count). The van der Waals surface area contributed by atoms with E-state index in [1.807, 2.05) is 22.6 Å². The number of carbonyl (C=O) groups is 1. The van der Waals surface area contributed by atoms with Crippen molar-refractivity contribution in [3.05, 3.63) is 25.5 Å². The summed E-state index contributed by atoms with van der Waals surface area (Å²) in [5.41, 5.74) is 0.108. The van der Waals surface area contributed by atoms with Gasteiger partial charge in [0, 0.05) is 14.2 Å². The van der Waals surface area contributed by atoms with Crippen LogP contribution in [0.1, 0.15) is 17.7 Å². The van der Waals surface area contributed by atoms with E-state index in [1.165, 1.54) is 13.3 Å². The molecule has 1 heterocycles. The summed E-state index contributed by atoms with van der Waals surface area (Å²) in [6, 6.07) is 0. The first-order valence-electron chi connectivity index (χ1n) is 4.15. The predicted octanol–water partition coefficient (Wildman–Crippen LogP) is 3.10. The molecule has 0 bridgehead atoms. The summed E-state index contributed by atoms with van der Waals surface area (Å²) < 4.78 is 30.4. The van der Waals surface area contributed by atoms with Crippen LogP contribution in [0.25, 0.3) is 0 Å². The van der Waals surface area contributed by atoms with Crippen molar-refractivity contribution < 1.29 is 18.3 Å². The Balaban J connectivity index is 3.16. The normalized spacial score (nSPS) is 10.6. The van der Waals surface area contributed by atoms with Gasteiger partial charge >= 0.3 is 5.97 Å². The van der Waals surface area contributed by atoms with Crippen molar-refractivity contribution in [2.75, 3.05) is 7.11 Å². The van der Waals surface area contributed by atoms with E-state index in [9.17, 15) is 13.6 Å². The number of nitrogens with zero attached hydrogens (tertiary/aromatic N) is 1. The van der Waals surface area contributed by atoms with E-state index >= 15 is 0 Å². The standard InChI is InChI=1S/C9H7BrF2INO2/c1-16-6(15)2-4-5(13)3-14-8(7(4)10)9(11)12/h3,9H,2H2,1H3. The van der Waals surface area contributed by atoms with Crippen molar-refractivity contribution in [1.82, 2.24) is 4.98 Å². The van der Waals surface area contributed by atoms with Crippen LogP contribution in [0.4, 0.5) is 8.78 Å². The van der Waals surface area contributed by atoms with Gasteiger partial charge in [0.05, 0.1) is 13.5 Å². The quantitative estimate of drug-likeness (QED) is 0.573. The lowest BCUT2D eigenvalue weighted by Gasteiger charge is -2.09. The highest BCUT2D eigenvalue weighted by Gasteiger charge is 2.20. The van der Waals surface area contributed by atoms with E-state index in [-0.39, 0.29) is 16.6 Å². The van der Waals surface area contributed by atoms with Crippen LogP contribution in [-0.4, -0.2) is 18.1 Å². The number of esters is 1. The lowest BCUT2D eigenvalue weighted by Crippen LogP contribution is -2.08. The number of rotatable bonds is 3. The Morgan fingerprint density at radius 3 is 2.81 bits per heavy atom. The Hall–Kier alpha value is -0.310. The molecule has 0 aliphatic rings. The molecule has 1 aromatic heterocycles. The second-order valence-corrected chi connectivity index (χ2v) is 4.79. The van der Waals surface area contributed by atoms with E-state index in [0.717, 1.165) is 0 Å². The minimum absolute atomic E-state index is 0.0579. The SMILES string of the molecule is COC(=O)Cc1c(I)cnc(C(F)F)c1Br. The summed E-state index contributed by atoms with van der Waals surface area (Å²) in [5.74, 6) is -0.481. The number of ether oxygens (including phenoxy) is 1. The average Bonchev–Trinajstić information content (AvgIpc) is 2.23. The first-order chi connectivity index (χ1) is 7.47. The van der Waals surface area contributed by atoms with Crippen LogP contribution >= 0.6 is 38.5 Å². The Labute approximate surface area is 113 Å². The van der Waals surface area contributed by atoms with Crippen LogP contribution in [0, 0.1) is 3.57 Å². The molecular weight excluding hydrogens is 399 g/mol. The maximum absolute atomic E-state index is 12.5. The molecule has 1 aromatic rings. The summed E-state index contributed by atoms with van der Waals surface area (Å²) in [5, 5.41) is 0. The van der Waals surface area contributed by atoms with Gasteiger partial charge in [-0.2, -0.15) is 0 Å². The second kappa shape index (κ2) is 5.85. The Morgan fingerprint density at radius 2 is 2.31 bits per heavy atom. The van der Waals surface area contributed by atoms with Crippen LogP contribution in [-0.2, 0) is 16.0 Å². The summed E-state index contributed by atoms with van der Waals surface area (Å²) in [6.45, 7) is 0. The number of aromatic nitrogens is 1. The molecule has 88 valence electrons. The maximum atomic E-state index is 12.5. The zero-order chi connectivity index (χ0) is 12.3. The highest BCUT2D eigenvalue weighted by Crippen LogP contribution is 2.31. The molecule has 0 radical (unpaired) electrons. The number of pyridine rings is 1. The third kappa shape index (κ3) is 3.09. The van der Waals surface area contributed by atoms with Crippen molar-refractivity contribution in [1.29, 1.82) is 0 Å². The van der Waals surface area contributed by atoms with Crippen LogP contribution in [0.3, 0.4) is 0 Å². The Morgan fingerprint density at radius 1 is 1.69 bits per heavy atom. The largest absolute Gasteiger partial charge is 0.469 e. The van der Waals surface area contributed by atoms with E-state index < -0.39 is 12.4 Å². The highest BCUT2D eigenvalue weighted by atomic mass is 127. The average molecular weight is 406 g/mol. The zero-order valence-electron chi connectivity index (χ0n) is 8.14. The van der Waals surface area contributed by atoms with Gasteiger partial charge in [0.2, 0.25) is 0 Å². The molecule has 0 unspecified atom stereocenters. The molecule has 0 amide bonds. The minimum Gasteiger partial charge on any atom is -0.469 e. The molecule has 0 spiro atoms. The molecular formula is C9H7BrF2INO2. The first-order valence-corrected chi connectivity index (χ1v) is 6.02. The fourth-order valence-corrected chi connectivity index (χ4v) is 2.65. The number of hydrogen-bond acceptors (Lipinski definition) is 3. The molecule has 0 aliphatic heterocycles. The molecule has 0 N–H and O–H groups in total. The van der Waals surface area contributed by atoms with Crippen molar-refractivity contribution in [2.24, 2.45) is 0 Å². The monoisotopic (exact) mass is 405 g/mol. The van der Waals surface area contributed by atoms with Gasteiger partial charge in [-0.25, -0.2) is 8.78 Å². The topological polar surface area (TPSA) is 39.2 Å². The van der Waals surface area contributed by atoms with Gasteiger partial charge in [0.25, 0.3) is 6.43 Å². The summed E-state index contributed by atoms with van der Waals surface area (Å²) >= 11 is 4.97. The number of carbonyl (C=O) groups excluding carboxylic acids is 1. The summed E-state index contributed by atoms with van der Waals surface area (Å²) in [4.78, 5) is 14.7. The van der Waals surface area contributed by atoms with Crippen LogP contribution in [0.15, 0.2) is 10.7 Å². The fourth-order valence-electron chi connectivity index (χ4n) is 1.05. The molecule has 7 heteroatoms. The molecule has 0 aromatic carbocycles. The van der Waals surface area contributed by atoms with Crippen molar-refractivity contribution >= 4 is 44.5 Å². The highest BCUT2D eigenvalue weighted by molar-refractivity contribution is 14.1. The first kappa shape index (κ1) is 13.8. The van der Waals surface area contributed by atoms with E-state index in [0.29, 0.717) is 9.13 Å². The minimum atomic E-state index is -2.68. The lowest BCUT2D eigenvalue weighted by molar-refractivity contribution is -0.139. The molecule has 3 nitrogen and oxygen atoms in total. The smallest absolute Gasteiger partial charge is 0.310 e. The zero-order valence-corrected chi connectivity index (χ0v) is 11.9. The molecule has 0 saturated carbocycles. The predicted molar refractivity (Wildman–Crippen MR) is 65.3 cm³/mol. The van der Waals surface area contributed by atoms with Gasteiger partial charge in [-0.05, 0) is 44.1 Å². The summed E-state index contributed by atoms with van der Waals surface area (Å²) in [7, 11) is 1.25. The lowest BCUT2D eigenvalue weighted by atomic mass is 10.1. The number of alkyl halides is 2. The fraction of sp³-hybridized carbons (Fsp3) is 0.333. The maximum Gasteiger partial charge on any atom is 0.310 e. The van der Waals surface area contributed by atoms with Crippen molar-refractivity contribution in [3.63, 3.8) is 0 Å². The second-order valence-electron chi connectivity index (χ2n) is 2.84. The van der Waals surface area contributed by atoms with Crippen LogP contribution in [0.2, 0.25) is 0 Å². The molecule has 0 fully saturated rings. The number of methoxy groups -OCH3 is 1. The third-order valence-electron chi connectivity index (χ3n) is 1.85. The van der Waals surface area contributed by atoms with Crippen LogP contribution in [0.5, 0.6) is 0 Å². The Kier molecular flexibility index (Phi) is 5.03. The van der Waals surface area contributed by atoms with Gasteiger partial charge < -0.3 is 4.74 Å². The third-order valence-corrected chi connectivity index (χ3v) is 3.67. The van der Waals surface area contributed by atoms with E-state index in [4.69, 9.17) is 0 Å². The Bertz CT molecular complexity index is 415. The van der Waals surface area contributed by atoms with Gasteiger partial charge in [0.1, 0.15) is 5.69 Å². The molecule has 0 saturated heterocycles. The number of halogens is 4.